The fourth-order valence-corrected chi connectivity index (χ4v) is 3.46. The van der Waals surface area contributed by atoms with E-state index in [1.807, 2.05) is 0 Å². The first-order chi connectivity index (χ1) is 8.90. The Hall–Kier alpha value is -0.290. The minimum atomic E-state index is -4.09. The van der Waals surface area contributed by atoms with Crippen LogP contribution in [0.4, 0.5) is 13.2 Å². The molecule has 1 rings (SSSR count). The second-order valence-electron chi connectivity index (χ2n) is 6.00. The van der Waals surface area contributed by atoms with Crippen LogP contribution < -0.4 is 11.3 Å². The second kappa shape index (κ2) is 7.48. The number of hydrazine groups is 1. The summed E-state index contributed by atoms with van der Waals surface area (Å²) in [6.45, 7) is 4.19. The number of nitrogens with two attached hydrogens (primary N) is 1. The van der Waals surface area contributed by atoms with Gasteiger partial charge in [0.2, 0.25) is 0 Å². The van der Waals surface area contributed by atoms with Crippen LogP contribution in [0.25, 0.3) is 0 Å². The molecule has 0 bridgehead atoms. The summed E-state index contributed by atoms with van der Waals surface area (Å²) in [6.07, 6.45) is 1.22. The van der Waals surface area contributed by atoms with Crippen LogP contribution in [0.5, 0.6) is 0 Å². The van der Waals surface area contributed by atoms with Gasteiger partial charge in [0, 0.05) is 6.04 Å². The molecule has 2 nitrogen and oxygen atoms in total. The number of hydrogen-bond donors (Lipinski definition) is 2. The van der Waals surface area contributed by atoms with Crippen molar-refractivity contribution in [2.45, 2.75) is 71.0 Å². The summed E-state index contributed by atoms with van der Waals surface area (Å²) >= 11 is 0. The van der Waals surface area contributed by atoms with Crippen LogP contribution in [0.1, 0.15) is 58.8 Å². The lowest BCUT2D eigenvalue weighted by molar-refractivity contribution is -0.199. The Kier molecular flexibility index (Phi) is 6.60. The summed E-state index contributed by atoms with van der Waals surface area (Å²) in [7, 11) is 0. The molecule has 0 aromatic heterocycles. The Morgan fingerprint density at radius 2 is 1.89 bits per heavy atom. The fourth-order valence-electron chi connectivity index (χ4n) is 3.46. The summed E-state index contributed by atoms with van der Waals surface area (Å²) in [5.41, 5.74) is 2.66. The quantitative estimate of drug-likeness (QED) is 0.570. The van der Waals surface area contributed by atoms with E-state index < -0.39 is 12.1 Å². The van der Waals surface area contributed by atoms with Gasteiger partial charge in [-0.2, -0.15) is 13.2 Å². The van der Waals surface area contributed by atoms with Gasteiger partial charge in [-0.25, -0.2) is 0 Å². The Morgan fingerprint density at radius 1 is 1.26 bits per heavy atom. The van der Waals surface area contributed by atoms with Gasteiger partial charge in [0.05, 0.1) is 5.92 Å². The molecular weight excluding hydrogens is 253 g/mol. The third-order valence-corrected chi connectivity index (χ3v) is 4.41. The topological polar surface area (TPSA) is 38.0 Å². The smallest absolute Gasteiger partial charge is 0.271 e. The molecule has 1 fully saturated rings. The van der Waals surface area contributed by atoms with E-state index in [0.29, 0.717) is 18.8 Å². The van der Waals surface area contributed by atoms with Gasteiger partial charge in [0.15, 0.2) is 0 Å². The van der Waals surface area contributed by atoms with E-state index in [1.165, 1.54) is 0 Å². The second-order valence-corrected chi connectivity index (χ2v) is 6.00. The van der Waals surface area contributed by atoms with Crippen molar-refractivity contribution >= 4 is 0 Å². The van der Waals surface area contributed by atoms with Crippen molar-refractivity contribution in [1.29, 1.82) is 0 Å². The molecule has 3 N–H and O–H groups in total. The number of alkyl halides is 3. The minimum Gasteiger partial charge on any atom is -0.271 e. The van der Waals surface area contributed by atoms with Crippen LogP contribution >= 0.6 is 0 Å². The minimum absolute atomic E-state index is 0.214. The summed E-state index contributed by atoms with van der Waals surface area (Å²) in [6, 6.07) is -0.214. The normalized spacial score (nSPS) is 28.1. The Morgan fingerprint density at radius 3 is 2.42 bits per heavy atom. The van der Waals surface area contributed by atoms with E-state index in [9.17, 15) is 13.2 Å². The van der Waals surface area contributed by atoms with Crippen molar-refractivity contribution in [3.63, 3.8) is 0 Å². The molecule has 19 heavy (non-hydrogen) atoms. The fraction of sp³-hybridized carbons (Fsp3) is 1.00. The molecule has 0 aromatic carbocycles. The first-order valence-electron chi connectivity index (χ1n) is 7.43. The van der Waals surface area contributed by atoms with Gasteiger partial charge < -0.3 is 0 Å². The molecule has 0 spiro atoms. The first-order valence-corrected chi connectivity index (χ1v) is 7.43. The van der Waals surface area contributed by atoms with Crippen molar-refractivity contribution in [1.82, 2.24) is 5.43 Å². The van der Waals surface area contributed by atoms with Crippen LogP contribution in [-0.4, -0.2) is 12.2 Å². The number of halogens is 3. The Labute approximate surface area is 114 Å². The maximum atomic E-state index is 13.1. The first kappa shape index (κ1) is 16.8. The van der Waals surface area contributed by atoms with Gasteiger partial charge >= 0.3 is 6.18 Å². The predicted octanol–water partition coefficient (Wildman–Crippen LogP) is 4.01. The Bertz CT molecular complexity index is 256. The zero-order chi connectivity index (χ0) is 14.5. The van der Waals surface area contributed by atoms with Gasteiger partial charge in [-0.3, -0.25) is 11.3 Å². The zero-order valence-electron chi connectivity index (χ0n) is 12.0. The van der Waals surface area contributed by atoms with Gasteiger partial charge in [-0.05, 0) is 31.1 Å². The highest BCUT2D eigenvalue weighted by Gasteiger charge is 2.47. The number of rotatable bonds is 6. The van der Waals surface area contributed by atoms with Crippen molar-refractivity contribution in [2.24, 2.45) is 23.6 Å². The standard InChI is InChI=1S/C14H27F3N2/c1-3-6-10(2)9-13(19-18)11-7-4-5-8-12(11)14(15,16)17/h10-13,19H,3-9,18H2,1-2H3. The molecule has 0 heterocycles. The summed E-state index contributed by atoms with van der Waals surface area (Å²) < 4.78 is 39.3. The molecule has 1 aliphatic carbocycles. The highest BCUT2D eigenvalue weighted by Crippen LogP contribution is 2.43. The molecule has 4 unspecified atom stereocenters. The lowest BCUT2D eigenvalue weighted by Gasteiger charge is -2.38. The number of nitrogens with one attached hydrogen (secondary N) is 1. The SMILES string of the molecule is CCCC(C)CC(NN)C1CCCCC1C(F)(F)F. The lowest BCUT2D eigenvalue weighted by Crippen LogP contribution is -2.48. The molecule has 114 valence electrons. The third-order valence-electron chi connectivity index (χ3n) is 4.41. The van der Waals surface area contributed by atoms with Gasteiger partial charge in [0.25, 0.3) is 0 Å². The molecular formula is C14H27F3N2. The Balaban J connectivity index is 2.70. The van der Waals surface area contributed by atoms with Gasteiger partial charge in [-0.15, -0.1) is 0 Å². The summed E-state index contributed by atoms with van der Waals surface area (Å²) in [5, 5.41) is 0. The van der Waals surface area contributed by atoms with Crippen molar-refractivity contribution in [2.75, 3.05) is 0 Å². The highest BCUT2D eigenvalue weighted by molar-refractivity contribution is 4.88. The van der Waals surface area contributed by atoms with Crippen molar-refractivity contribution < 1.29 is 13.2 Å². The molecule has 1 aliphatic rings. The highest BCUT2D eigenvalue weighted by atomic mass is 19.4. The van der Waals surface area contributed by atoms with Crippen LogP contribution in [-0.2, 0) is 0 Å². The van der Waals surface area contributed by atoms with Gasteiger partial charge in [0.1, 0.15) is 0 Å². The van der Waals surface area contributed by atoms with E-state index in [-0.39, 0.29) is 18.4 Å². The lowest BCUT2D eigenvalue weighted by atomic mass is 9.73. The number of hydrogen-bond acceptors (Lipinski definition) is 2. The molecule has 0 aliphatic heterocycles. The third kappa shape index (κ3) is 4.95. The van der Waals surface area contributed by atoms with Crippen molar-refractivity contribution in [3.05, 3.63) is 0 Å². The van der Waals surface area contributed by atoms with Crippen LogP contribution in [0, 0.1) is 17.8 Å². The molecule has 4 atom stereocenters. The molecule has 1 saturated carbocycles. The van der Waals surface area contributed by atoms with E-state index in [4.69, 9.17) is 5.84 Å². The summed E-state index contributed by atoms with van der Waals surface area (Å²) in [5.74, 6) is 4.41. The van der Waals surface area contributed by atoms with E-state index >= 15 is 0 Å². The van der Waals surface area contributed by atoms with Crippen LogP contribution in [0.3, 0.4) is 0 Å². The zero-order valence-corrected chi connectivity index (χ0v) is 12.0. The van der Waals surface area contributed by atoms with E-state index in [2.05, 4.69) is 19.3 Å². The van der Waals surface area contributed by atoms with Crippen molar-refractivity contribution in [3.8, 4) is 0 Å². The van der Waals surface area contributed by atoms with Gasteiger partial charge in [-0.1, -0.05) is 39.5 Å². The maximum Gasteiger partial charge on any atom is 0.392 e. The van der Waals surface area contributed by atoms with E-state index in [0.717, 1.165) is 25.7 Å². The largest absolute Gasteiger partial charge is 0.392 e. The predicted molar refractivity (Wildman–Crippen MR) is 71.3 cm³/mol. The average molecular weight is 280 g/mol. The molecule has 5 heteroatoms. The molecule has 0 aromatic rings. The average Bonchev–Trinajstić information content (AvgIpc) is 2.35. The van der Waals surface area contributed by atoms with Crippen LogP contribution in [0.15, 0.2) is 0 Å². The van der Waals surface area contributed by atoms with Crippen LogP contribution in [0.2, 0.25) is 0 Å². The monoisotopic (exact) mass is 280 g/mol. The van der Waals surface area contributed by atoms with E-state index in [1.54, 1.807) is 0 Å². The molecule has 0 radical (unpaired) electrons. The summed E-state index contributed by atoms with van der Waals surface area (Å²) in [4.78, 5) is 0. The molecule has 0 amide bonds. The maximum absolute atomic E-state index is 13.1. The molecule has 0 saturated heterocycles.